The van der Waals surface area contributed by atoms with Crippen LogP contribution in [0.4, 0.5) is 0 Å². The van der Waals surface area contributed by atoms with Crippen molar-refractivity contribution < 1.29 is 19.4 Å². The number of hydrogen-bond donors (Lipinski definition) is 1. The van der Waals surface area contributed by atoms with E-state index in [4.69, 9.17) is 5.11 Å². The van der Waals surface area contributed by atoms with Crippen LogP contribution in [0.25, 0.3) is 0 Å². The van der Waals surface area contributed by atoms with Gasteiger partial charge in [-0.25, -0.2) is 0 Å². The van der Waals surface area contributed by atoms with Gasteiger partial charge in [-0.15, -0.1) is 0 Å². The molecule has 0 bridgehead atoms. The highest BCUT2D eigenvalue weighted by molar-refractivity contribution is 5.71. The van der Waals surface area contributed by atoms with Crippen molar-refractivity contribution in [2.75, 3.05) is 20.2 Å². The summed E-state index contributed by atoms with van der Waals surface area (Å²) in [5.41, 5.74) is 0. The van der Waals surface area contributed by atoms with Crippen LogP contribution in [0.3, 0.4) is 0 Å². The number of likely N-dealkylation sites (tertiary alicyclic amines) is 1. The van der Waals surface area contributed by atoms with E-state index in [9.17, 15) is 9.59 Å². The van der Waals surface area contributed by atoms with Crippen molar-refractivity contribution in [1.29, 1.82) is 0 Å². The molecule has 1 heterocycles. The Morgan fingerprint density at radius 2 is 2.29 bits per heavy atom. The molecule has 1 N–H and O–H groups in total. The number of nitrogens with zero attached hydrogens (tertiary/aromatic N) is 1. The summed E-state index contributed by atoms with van der Waals surface area (Å²) in [4.78, 5) is 23.3. The van der Waals surface area contributed by atoms with Gasteiger partial charge in [0, 0.05) is 6.04 Å². The maximum absolute atomic E-state index is 11.0. The van der Waals surface area contributed by atoms with Crippen LogP contribution in [0.5, 0.6) is 0 Å². The largest absolute Gasteiger partial charge is 0.480 e. The number of esters is 1. The zero-order valence-corrected chi connectivity index (χ0v) is 8.23. The molecule has 0 aromatic heterocycles. The van der Waals surface area contributed by atoms with Gasteiger partial charge >= 0.3 is 11.9 Å². The molecule has 1 saturated heterocycles. The highest BCUT2D eigenvalue weighted by Gasteiger charge is 2.28. The van der Waals surface area contributed by atoms with Gasteiger partial charge in [-0.2, -0.15) is 0 Å². The Bertz CT molecular complexity index is 229. The van der Waals surface area contributed by atoms with Gasteiger partial charge < -0.3 is 9.84 Å². The molecule has 0 spiro atoms. The van der Waals surface area contributed by atoms with Gasteiger partial charge in [0.25, 0.3) is 0 Å². The zero-order valence-electron chi connectivity index (χ0n) is 8.23. The summed E-state index contributed by atoms with van der Waals surface area (Å²) in [6.45, 7) is 0.773. The predicted octanol–water partition coefficient (Wildman–Crippen LogP) is 0.0985. The first-order valence-electron chi connectivity index (χ1n) is 4.66. The fourth-order valence-electron chi connectivity index (χ4n) is 1.78. The summed E-state index contributed by atoms with van der Waals surface area (Å²) >= 11 is 0. The van der Waals surface area contributed by atoms with Crippen molar-refractivity contribution in [3.63, 3.8) is 0 Å². The summed E-state index contributed by atoms with van der Waals surface area (Å²) in [6.07, 6.45) is 2.13. The van der Waals surface area contributed by atoms with E-state index in [1.807, 2.05) is 4.90 Å². The van der Waals surface area contributed by atoms with Gasteiger partial charge in [0.15, 0.2) is 0 Å². The standard InChI is InChI=1S/C9H15NO4/c1-14-9(13)5-7-3-2-4-10(7)6-8(11)12/h7H,2-6H2,1H3,(H,11,12). The summed E-state index contributed by atoms with van der Waals surface area (Å²) in [5.74, 6) is -1.12. The SMILES string of the molecule is COC(=O)CC1CCCN1CC(=O)O. The summed E-state index contributed by atoms with van der Waals surface area (Å²) < 4.78 is 4.55. The lowest BCUT2D eigenvalue weighted by atomic mass is 10.1. The van der Waals surface area contributed by atoms with Crippen molar-refractivity contribution in [2.24, 2.45) is 0 Å². The molecule has 1 atom stereocenters. The molecular weight excluding hydrogens is 186 g/mol. The molecule has 0 aliphatic carbocycles. The molecule has 1 rings (SSSR count). The number of methoxy groups -OCH3 is 1. The number of rotatable bonds is 4. The maximum Gasteiger partial charge on any atom is 0.317 e. The second kappa shape index (κ2) is 4.95. The van der Waals surface area contributed by atoms with Crippen molar-refractivity contribution in [2.45, 2.75) is 25.3 Å². The summed E-state index contributed by atoms with van der Waals surface area (Å²) in [6, 6.07) is 0.0403. The Labute approximate surface area is 82.6 Å². The van der Waals surface area contributed by atoms with Gasteiger partial charge in [0.05, 0.1) is 20.1 Å². The first-order chi connectivity index (χ1) is 6.63. The van der Waals surface area contributed by atoms with Crippen molar-refractivity contribution >= 4 is 11.9 Å². The van der Waals surface area contributed by atoms with E-state index in [2.05, 4.69) is 4.74 Å². The first-order valence-corrected chi connectivity index (χ1v) is 4.66. The Hall–Kier alpha value is -1.10. The van der Waals surface area contributed by atoms with Crippen LogP contribution in [0, 0.1) is 0 Å². The minimum absolute atomic E-state index is 0.0155. The van der Waals surface area contributed by atoms with E-state index in [-0.39, 0.29) is 18.6 Å². The highest BCUT2D eigenvalue weighted by Crippen LogP contribution is 2.19. The third-order valence-corrected chi connectivity index (χ3v) is 2.47. The van der Waals surface area contributed by atoms with E-state index >= 15 is 0 Å². The molecule has 80 valence electrons. The number of aliphatic carboxylic acids is 1. The van der Waals surface area contributed by atoms with E-state index in [0.717, 1.165) is 19.4 Å². The fraction of sp³-hybridized carbons (Fsp3) is 0.778. The maximum atomic E-state index is 11.0. The number of ether oxygens (including phenoxy) is 1. The van der Waals surface area contributed by atoms with E-state index in [1.54, 1.807) is 0 Å². The minimum Gasteiger partial charge on any atom is -0.480 e. The minimum atomic E-state index is -0.846. The average Bonchev–Trinajstić information content (AvgIpc) is 2.52. The van der Waals surface area contributed by atoms with Gasteiger partial charge in [-0.3, -0.25) is 14.5 Å². The zero-order chi connectivity index (χ0) is 10.6. The number of carboxylic acid groups (broad SMARTS) is 1. The van der Waals surface area contributed by atoms with Gasteiger partial charge in [0.2, 0.25) is 0 Å². The van der Waals surface area contributed by atoms with Crippen molar-refractivity contribution in [3.05, 3.63) is 0 Å². The van der Waals surface area contributed by atoms with Crippen LogP contribution in [-0.2, 0) is 14.3 Å². The van der Waals surface area contributed by atoms with E-state index in [0.29, 0.717) is 6.42 Å². The molecule has 0 radical (unpaired) electrons. The average molecular weight is 201 g/mol. The van der Waals surface area contributed by atoms with E-state index in [1.165, 1.54) is 7.11 Å². The second-order valence-corrected chi connectivity index (χ2v) is 3.44. The lowest BCUT2D eigenvalue weighted by Gasteiger charge is -2.21. The normalized spacial score (nSPS) is 22.2. The Balaban J connectivity index is 2.42. The van der Waals surface area contributed by atoms with Crippen LogP contribution >= 0.6 is 0 Å². The Morgan fingerprint density at radius 3 is 2.86 bits per heavy atom. The quantitative estimate of drug-likeness (QED) is 0.653. The number of carbonyl (C=O) groups excluding carboxylic acids is 1. The van der Waals surface area contributed by atoms with Gasteiger partial charge in [0.1, 0.15) is 0 Å². The van der Waals surface area contributed by atoms with E-state index < -0.39 is 5.97 Å². The highest BCUT2D eigenvalue weighted by atomic mass is 16.5. The molecule has 0 saturated carbocycles. The molecule has 5 heteroatoms. The smallest absolute Gasteiger partial charge is 0.317 e. The van der Waals surface area contributed by atoms with Crippen LogP contribution in [-0.4, -0.2) is 48.2 Å². The Kier molecular flexibility index (Phi) is 3.88. The topological polar surface area (TPSA) is 66.8 Å². The Morgan fingerprint density at radius 1 is 1.57 bits per heavy atom. The molecular formula is C9H15NO4. The summed E-state index contributed by atoms with van der Waals surface area (Å²) in [5, 5.41) is 8.63. The lowest BCUT2D eigenvalue weighted by Crippen LogP contribution is -2.35. The number of carbonyl (C=O) groups is 2. The van der Waals surface area contributed by atoms with Gasteiger partial charge in [-0.1, -0.05) is 0 Å². The molecule has 0 aromatic rings. The summed E-state index contributed by atoms with van der Waals surface area (Å²) in [7, 11) is 1.35. The van der Waals surface area contributed by atoms with Crippen LogP contribution in [0.2, 0.25) is 0 Å². The molecule has 14 heavy (non-hydrogen) atoms. The number of hydrogen-bond acceptors (Lipinski definition) is 4. The molecule has 0 amide bonds. The third kappa shape index (κ3) is 2.99. The monoisotopic (exact) mass is 201 g/mol. The molecule has 1 aliphatic rings. The van der Waals surface area contributed by atoms with Gasteiger partial charge in [-0.05, 0) is 19.4 Å². The molecule has 0 aromatic carbocycles. The first kappa shape index (κ1) is 11.0. The second-order valence-electron chi connectivity index (χ2n) is 3.44. The van der Waals surface area contributed by atoms with Crippen molar-refractivity contribution in [1.82, 2.24) is 4.90 Å². The van der Waals surface area contributed by atoms with Crippen LogP contribution in [0.15, 0.2) is 0 Å². The van der Waals surface area contributed by atoms with Crippen LogP contribution in [0.1, 0.15) is 19.3 Å². The molecule has 1 aliphatic heterocycles. The fourth-order valence-corrected chi connectivity index (χ4v) is 1.78. The van der Waals surface area contributed by atoms with Crippen molar-refractivity contribution in [3.8, 4) is 0 Å². The number of carboxylic acids is 1. The molecule has 1 unspecified atom stereocenters. The van der Waals surface area contributed by atoms with Crippen LogP contribution < -0.4 is 0 Å². The predicted molar refractivity (Wildman–Crippen MR) is 48.9 cm³/mol. The third-order valence-electron chi connectivity index (χ3n) is 2.47. The lowest BCUT2D eigenvalue weighted by molar-refractivity contribution is -0.144. The molecule has 5 nitrogen and oxygen atoms in total. The molecule has 1 fully saturated rings.